The minimum Gasteiger partial charge on any atom is -0.394 e. The van der Waals surface area contributed by atoms with Gasteiger partial charge in [0.25, 0.3) is 0 Å². The summed E-state index contributed by atoms with van der Waals surface area (Å²) in [5.41, 5.74) is 19.5. The standard InChI is InChI=1S/C60H86N16O13S/c1-75-32-39(41-14-5-6-17-48(41)75)29-38-30-49(78)42(16-11-20-65-59(62)63)67-56(83)44(28-37-12-3-2-4-13-37)69-57(84)45(31-40-33-76(74-73-40)22-10-9-15-43(54(61)81)68-58(85)46(34-77)70-55(38)82)66-52(80)35-89-27-26-88-25-24-87-23-21-64-51(79)19-8-7-18-50-53-47(36-90-50)71-60(86)72-53/h2-6,12-14,17,32-33,38,42-47,50,53,77H,7-11,15-16,18-31,34-36H2,1H3,(H2,61,81)(H,64,79)(H,66,80)(H,67,83)(H,68,85)(H,69,84)(H,70,82)(H4,62,63,65)(H2,71,72,86)/t38-,42-,43+,44-,45+,46-,47+,50?,53+/m1/s1. The van der Waals surface area contributed by atoms with Crippen molar-refractivity contribution in [2.45, 2.75) is 138 Å². The Balaban J connectivity index is 1.00. The highest BCUT2D eigenvalue weighted by Crippen LogP contribution is 2.33. The summed E-state index contributed by atoms with van der Waals surface area (Å²) in [5, 5.41) is 42.4. The summed E-state index contributed by atoms with van der Waals surface area (Å²) < 4.78 is 20.2. The van der Waals surface area contributed by atoms with Crippen molar-refractivity contribution in [3.8, 4) is 0 Å². The molecule has 490 valence electrons. The summed E-state index contributed by atoms with van der Waals surface area (Å²) in [6, 6.07) is 9.76. The molecule has 5 heterocycles. The van der Waals surface area contributed by atoms with Gasteiger partial charge in [-0.1, -0.05) is 60.2 Å². The van der Waals surface area contributed by atoms with Gasteiger partial charge in [0.05, 0.1) is 63.5 Å². The summed E-state index contributed by atoms with van der Waals surface area (Å²) in [4.78, 5) is 127. The Morgan fingerprint density at radius 2 is 1.47 bits per heavy atom. The molecule has 30 heteroatoms. The molecule has 29 nitrogen and oxygen atoms in total. The van der Waals surface area contributed by atoms with E-state index in [0.29, 0.717) is 47.9 Å². The summed E-state index contributed by atoms with van der Waals surface area (Å²) in [7, 11) is 1.83. The smallest absolute Gasteiger partial charge is 0.315 e. The van der Waals surface area contributed by atoms with Crippen molar-refractivity contribution in [3.63, 3.8) is 0 Å². The Hall–Kier alpha value is -8.19. The molecule has 2 saturated heterocycles. The predicted molar refractivity (Wildman–Crippen MR) is 333 cm³/mol. The average Bonchev–Trinajstić information content (AvgIpc) is 2.17. The van der Waals surface area contributed by atoms with Gasteiger partial charge in [0.1, 0.15) is 30.8 Å². The monoisotopic (exact) mass is 1270 g/mol. The molecule has 0 radical (unpaired) electrons. The molecule has 3 aliphatic heterocycles. The van der Waals surface area contributed by atoms with Crippen molar-refractivity contribution in [2.75, 3.05) is 65.1 Å². The third-order valence-corrected chi connectivity index (χ3v) is 17.2. The minimum atomic E-state index is -1.56. The number of ether oxygens (including phenoxy) is 3. The number of aliphatic imine (C=N–C) groups is 1. The van der Waals surface area contributed by atoms with Crippen LogP contribution in [0.25, 0.3) is 10.9 Å². The molecule has 0 saturated carbocycles. The fourth-order valence-corrected chi connectivity index (χ4v) is 12.6. The number of carbonyl (C=O) groups is 9. The second kappa shape index (κ2) is 35.9. The lowest BCUT2D eigenvalue weighted by Crippen LogP contribution is -2.57. The first-order valence-electron chi connectivity index (χ1n) is 30.6. The van der Waals surface area contributed by atoms with E-state index in [-0.39, 0.29) is 115 Å². The fraction of sp³-hybridized carbons (Fsp3) is 0.567. The number of rotatable bonds is 27. The number of amides is 9. The molecule has 7 rings (SSSR count). The number of nitrogens with one attached hydrogen (secondary N) is 8. The molecule has 2 aromatic carbocycles. The fourth-order valence-electron chi connectivity index (χ4n) is 11.0. The van der Waals surface area contributed by atoms with Crippen molar-refractivity contribution < 1.29 is 62.5 Å². The first-order valence-corrected chi connectivity index (χ1v) is 31.6. The van der Waals surface area contributed by atoms with Crippen molar-refractivity contribution in [2.24, 2.45) is 35.2 Å². The van der Waals surface area contributed by atoms with Crippen molar-refractivity contribution in [1.82, 2.24) is 62.1 Å². The van der Waals surface area contributed by atoms with E-state index in [1.165, 1.54) is 4.68 Å². The number of nitrogens with zero attached hydrogens (tertiary/aromatic N) is 5. The molecule has 15 N–H and O–H groups in total. The van der Waals surface area contributed by atoms with Crippen molar-refractivity contribution in [3.05, 3.63) is 83.8 Å². The number of aliphatic hydroxyl groups excluding tert-OH is 1. The number of carbonyl (C=O) groups excluding carboxylic acids is 9. The maximum atomic E-state index is 14.9. The van der Waals surface area contributed by atoms with Gasteiger partial charge >= 0.3 is 6.03 Å². The van der Waals surface area contributed by atoms with Crippen LogP contribution in [0, 0.1) is 5.92 Å². The van der Waals surface area contributed by atoms with Gasteiger partial charge in [-0.2, -0.15) is 11.8 Å². The highest BCUT2D eigenvalue weighted by Gasteiger charge is 2.43. The van der Waals surface area contributed by atoms with Crippen LogP contribution in [0.3, 0.4) is 0 Å². The molecule has 9 amide bonds. The highest BCUT2D eigenvalue weighted by molar-refractivity contribution is 8.00. The van der Waals surface area contributed by atoms with Crippen LogP contribution in [0.2, 0.25) is 0 Å². The van der Waals surface area contributed by atoms with Gasteiger partial charge in [0.15, 0.2) is 11.7 Å². The van der Waals surface area contributed by atoms with Crippen LogP contribution in [-0.4, -0.2) is 196 Å². The first kappa shape index (κ1) is 69.3. The molecule has 2 aromatic heterocycles. The number of Topliss-reactive ketones (excluding diaryl/α,β-unsaturated/α-hetero) is 1. The van der Waals surface area contributed by atoms with Crippen molar-refractivity contribution >= 4 is 81.8 Å². The summed E-state index contributed by atoms with van der Waals surface area (Å²) >= 11 is 1.85. The van der Waals surface area contributed by atoms with E-state index in [9.17, 15) is 48.3 Å². The van der Waals surface area contributed by atoms with Gasteiger partial charge in [-0.3, -0.25) is 48.0 Å². The lowest BCUT2D eigenvalue weighted by atomic mass is 9.89. The lowest BCUT2D eigenvalue weighted by Gasteiger charge is -2.27. The number of thioether (sulfide) groups is 1. The number of nitrogens with two attached hydrogens (primary N) is 3. The maximum Gasteiger partial charge on any atom is 0.315 e. The number of ketones is 1. The number of guanidine groups is 1. The zero-order valence-electron chi connectivity index (χ0n) is 50.7. The average molecular weight is 1270 g/mol. The number of para-hydroxylation sites is 1. The molecule has 0 aliphatic carbocycles. The number of primary amides is 1. The Bertz CT molecular complexity index is 3090. The quantitative estimate of drug-likeness (QED) is 0.0138. The first-order chi connectivity index (χ1) is 43.4. The summed E-state index contributed by atoms with van der Waals surface area (Å²) in [5.74, 6) is -5.88. The predicted octanol–water partition coefficient (Wildman–Crippen LogP) is -1.60. The van der Waals surface area contributed by atoms with Gasteiger partial charge in [0, 0.05) is 92.6 Å². The molecule has 2 fully saturated rings. The number of benzene rings is 2. The van der Waals surface area contributed by atoms with Crippen LogP contribution in [0.1, 0.15) is 81.0 Å². The van der Waals surface area contributed by atoms with Gasteiger partial charge < -0.3 is 83.6 Å². The van der Waals surface area contributed by atoms with Gasteiger partial charge in [-0.15, -0.1) is 5.10 Å². The molecule has 2 bridgehead atoms. The van der Waals surface area contributed by atoms with Crippen LogP contribution in [0.5, 0.6) is 0 Å². The Labute approximate surface area is 526 Å². The third kappa shape index (κ3) is 22.1. The molecule has 0 spiro atoms. The number of aromatic nitrogens is 4. The third-order valence-electron chi connectivity index (χ3n) is 15.7. The molecule has 3 aliphatic rings. The second-order valence-corrected chi connectivity index (χ2v) is 23.9. The zero-order chi connectivity index (χ0) is 64.4. The number of hydrogen-bond acceptors (Lipinski definition) is 17. The minimum absolute atomic E-state index is 0.0103. The van der Waals surface area contributed by atoms with Crippen LogP contribution in [0.15, 0.2) is 72.0 Å². The van der Waals surface area contributed by atoms with E-state index in [0.717, 1.165) is 35.9 Å². The molecule has 1 unspecified atom stereocenters. The number of aliphatic hydroxyl groups is 1. The number of fused-ring (bicyclic) bond motifs is 4. The largest absolute Gasteiger partial charge is 0.394 e. The van der Waals surface area contributed by atoms with Gasteiger partial charge in [0.2, 0.25) is 41.4 Å². The second-order valence-electron chi connectivity index (χ2n) is 22.6. The summed E-state index contributed by atoms with van der Waals surface area (Å²) in [6.45, 7) is 0.216. The molecule has 9 atom stereocenters. The SMILES string of the molecule is Cn1cc(C[C@@H]2CC(=O)[C@@H](CCCN=C(N)N)NC(=O)[C@@H](Cc3ccccc3)NC(=O)[C@@H](NC(=O)COCCOCCOCCNC(=O)CCCCC3SC[C@@H]4NC(=O)N[C@H]34)Cc3cn(nn3)CCCC[C@@H](C(N)=O)NC(=O)[C@@H](CO)NC2=O)c2ccccc21. The normalized spacial score (nSPS) is 23.0. The van der Waals surface area contributed by atoms with E-state index < -0.39 is 97.0 Å². The Morgan fingerprint density at radius 1 is 0.744 bits per heavy atom. The Morgan fingerprint density at radius 3 is 2.23 bits per heavy atom. The van der Waals surface area contributed by atoms with E-state index in [4.69, 9.17) is 31.4 Å². The molecule has 4 aromatic rings. The van der Waals surface area contributed by atoms with Gasteiger partial charge in [-0.05, 0) is 68.6 Å². The van der Waals surface area contributed by atoms with E-state index in [1.54, 1.807) is 36.5 Å². The van der Waals surface area contributed by atoms with Crippen LogP contribution in [-0.2, 0) is 85.4 Å². The molecule has 90 heavy (non-hydrogen) atoms. The Kier molecular flexibility index (Phi) is 27.6. The van der Waals surface area contributed by atoms with Crippen molar-refractivity contribution in [1.29, 1.82) is 0 Å². The lowest BCUT2D eigenvalue weighted by molar-refractivity contribution is -0.136. The zero-order valence-corrected chi connectivity index (χ0v) is 51.6. The maximum absolute atomic E-state index is 14.9. The molecular weight excluding hydrogens is 1180 g/mol. The van der Waals surface area contributed by atoms with Crippen LogP contribution < -0.4 is 59.7 Å². The van der Waals surface area contributed by atoms with E-state index in [2.05, 4.69) is 57.8 Å². The van der Waals surface area contributed by atoms with Gasteiger partial charge in [-0.25, -0.2) is 4.79 Å². The van der Waals surface area contributed by atoms with Crippen LogP contribution in [0.4, 0.5) is 4.79 Å². The van der Waals surface area contributed by atoms with E-state index >= 15 is 0 Å². The number of unbranched alkanes of at least 4 members (excludes halogenated alkanes) is 1. The number of aryl methyl sites for hydroxylation is 2. The highest BCUT2D eigenvalue weighted by atomic mass is 32.2. The summed E-state index contributed by atoms with van der Waals surface area (Å²) in [6.07, 6.45) is 6.62. The van der Waals surface area contributed by atoms with Crippen LogP contribution >= 0.6 is 11.8 Å². The molecular formula is C60H86N16O13S. The number of hydrogen-bond donors (Lipinski definition) is 12. The number of urea groups is 1. The van der Waals surface area contributed by atoms with E-state index in [1.807, 2.05) is 53.8 Å². The topological polar surface area (TPSA) is 424 Å².